The third-order valence-corrected chi connectivity index (χ3v) is 5.44. The van der Waals surface area contributed by atoms with E-state index in [2.05, 4.69) is 45.9 Å². The van der Waals surface area contributed by atoms with Gasteiger partial charge in [-0.1, -0.05) is 36.4 Å². The number of piperidine rings is 1. The van der Waals surface area contributed by atoms with Crippen molar-refractivity contribution in [2.75, 3.05) is 26.2 Å². The van der Waals surface area contributed by atoms with Gasteiger partial charge in [0.1, 0.15) is 5.69 Å². The molecule has 2 aliphatic rings. The molecule has 0 amide bonds. The Balaban J connectivity index is 0.000000197. The van der Waals surface area contributed by atoms with Gasteiger partial charge in [0.15, 0.2) is 0 Å². The Morgan fingerprint density at radius 3 is 2.44 bits per heavy atom. The van der Waals surface area contributed by atoms with E-state index in [-0.39, 0.29) is 5.69 Å². The van der Waals surface area contributed by atoms with Gasteiger partial charge in [-0.3, -0.25) is 0 Å². The fraction of sp³-hybridized carbons (Fsp3) is 0.455. The van der Waals surface area contributed by atoms with Crippen molar-refractivity contribution in [2.24, 2.45) is 17.8 Å². The quantitative estimate of drug-likeness (QED) is 0.626. The Labute approximate surface area is 161 Å². The van der Waals surface area contributed by atoms with Crippen LogP contribution in [0, 0.1) is 17.8 Å². The molecule has 2 aromatic rings. The number of hydrogen-bond acceptors (Lipinski definition) is 4. The van der Waals surface area contributed by atoms with E-state index in [0.717, 1.165) is 17.8 Å². The summed E-state index contributed by atoms with van der Waals surface area (Å²) in [5.41, 5.74) is 1.55. The molecule has 2 fully saturated rings. The minimum absolute atomic E-state index is 0.0810. The smallest absolute Gasteiger partial charge is 0.354 e. The lowest BCUT2D eigenvalue weighted by atomic mass is 10.1. The number of unbranched alkanes of at least 4 members (excludes halogenated alkanes) is 1. The summed E-state index contributed by atoms with van der Waals surface area (Å²) in [5, 5.41) is 15.4. The van der Waals surface area contributed by atoms with E-state index in [4.69, 9.17) is 5.11 Å². The van der Waals surface area contributed by atoms with Gasteiger partial charge in [0.05, 0.1) is 0 Å². The number of aromatic carboxylic acids is 1. The molecule has 1 aliphatic carbocycles. The molecule has 27 heavy (non-hydrogen) atoms. The molecule has 1 aliphatic heterocycles. The number of nitrogens with one attached hydrogen (secondary N) is 2. The van der Waals surface area contributed by atoms with Crippen molar-refractivity contribution in [3.8, 4) is 0 Å². The largest absolute Gasteiger partial charge is 0.477 e. The number of aromatic nitrogens is 1. The number of benzene rings is 1. The van der Waals surface area contributed by atoms with Crippen LogP contribution in [0.3, 0.4) is 0 Å². The number of nitrogens with zero attached hydrogens (tertiary/aromatic N) is 1. The van der Waals surface area contributed by atoms with Crippen LogP contribution in [-0.2, 0) is 6.42 Å². The molecule has 1 saturated carbocycles. The van der Waals surface area contributed by atoms with Crippen molar-refractivity contribution in [3.63, 3.8) is 0 Å². The summed E-state index contributed by atoms with van der Waals surface area (Å²) in [6, 6.07) is 15.6. The Kier molecular flexibility index (Phi) is 7.36. The minimum atomic E-state index is -0.990. The fourth-order valence-corrected chi connectivity index (χ4v) is 3.83. The molecule has 5 heteroatoms. The van der Waals surface area contributed by atoms with Crippen LogP contribution in [0.15, 0.2) is 54.7 Å². The maximum Gasteiger partial charge on any atom is 0.354 e. The summed E-state index contributed by atoms with van der Waals surface area (Å²) in [6.45, 7) is 4.98. The number of pyridine rings is 1. The van der Waals surface area contributed by atoms with Crippen LogP contribution in [0.25, 0.3) is 0 Å². The van der Waals surface area contributed by atoms with Crippen molar-refractivity contribution in [1.29, 1.82) is 0 Å². The standard InChI is InChI=1S/C16H24N2.C6H5NO2/c1-2-6-13(7-3-1)8-4-5-9-17-10-14-15-11-18-12-16(14)15;8-6(9)5-3-1-2-4-7-5/h1-3,6-7,14-18H,4-5,8-12H2;1-4H,(H,8,9). The second kappa shape index (κ2) is 10.2. The topological polar surface area (TPSA) is 74.2 Å². The lowest BCUT2D eigenvalue weighted by molar-refractivity contribution is 0.0690. The van der Waals surface area contributed by atoms with Crippen molar-refractivity contribution in [3.05, 3.63) is 66.0 Å². The zero-order chi connectivity index (χ0) is 18.9. The summed E-state index contributed by atoms with van der Waals surface area (Å²) in [5.74, 6) is 2.00. The van der Waals surface area contributed by atoms with Gasteiger partial charge in [-0.25, -0.2) is 9.78 Å². The molecule has 0 spiro atoms. The predicted molar refractivity (Wildman–Crippen MR) is 107 cm³/mol. The fourth-order valence-electron chi connectivity index (χ4n) is 3.83. The highest BCUT2D eigenvalue weighted by Crippen LogP contribution is 2.47. The second-order valence-corrected chi connectivity index (χ2v) is 7.32. The number of rotatable bonds is 8. The lowest BCUT2D eigenvalue weighted by Crippen LogP contribution is -2.24. The van der Waals surface area contributed by atoms with Gasteiger partial charge in [-0.15, -0.1) is 0 Å². The van der Waals surface area contributed by atoms with Gasteiger partial charge < -0.3 is 15.7 Å². The van der Waals surface area contributed by atoms with E-state index >= 15 is 0 Å². The molecule has 5 nitrogen and oxygen atoms in total. The number of carbonyl (C=O) groups is 1. The summed E-state index contributed by atoms with van der Waals surface area (Å²) in [6.07, 6.45) is 5.27. The molecule has 2 heterocycles. The van der Waals surface area contributed by atoms with Crippen LogP contribution < -0.4 is 10.6 Å². The number of carboxylic acids is 1. The molecule has 0 bridgehead atoms. The highest BCUT2D eigenvalue weighted by molar-refractivity contribution is 5.85. The molecule has 1 saturated heterocycles. The molecule has 144 valence electrons. The summed E-state index contributed by atoms with van der Waals surface area (Å²) in [7, 11) is 0. The molecule has 2 unspecified atom stereocenters. The maximum absolute atomic E-state index is 10.1. The summed E-state index contributed by atoms with van der Waals surface area (Å²) in [4.78, 5) is 13.7. The first kappa shape index (κ1) is 19.5. The molecule has 0 radical (unpaired) electrons. The number of aryl methyl sites for hydroxylation is 1. The van der Waals surface area contributed by atoms with Gasteiger partial charge >= 0.3 is 5.97 Å². The average molecular weight is 367 g/mol. The van der Waals surface area contributed by atoms with Crippen LogP contribution in [0.1, 0.15) is 28.9 Å². The van der Waals surface area contributed by atoms with E-state index in [1.54, 1.807) is 12.1 Å². The maximum atomic E-state index is 10.1. The Morgan fingerprint density at radius 1 is 1.07 bits per heavy atom. The van der Waals surface area contributed by atoms with Crippen LogP contribution in [0.2, 0.25) is 0 Å². The molecule has 3 N–H and O–H groups in total. The van der Waals surface area contributed by atoms with Crippen LogP contribution in [0.4, 0.5) is 0 Å². The predicted octanol–water partition coefficient (Wildman–Crippen LogP) is 2.84. The Bertz CT molecular complexity index is 683. The molecule has 2 atom stereocenters. The molecule has 4 rings (SSSR count). The van der Waals surface area contributed by atoms with Crippen molar-refractivity contribution in [2.45, 2.75) is 19.3 Å². The minimum Gasteiger partial charge on any atom is -0.477 e. The zero-order valence-corrected chi connectivity index (χ0v) is 15.7. The molecule has 1 aromatic heterocycles. The van der Waals surface area contributed by atoms with E-state index in [9.17, 15) is 4.79 Å². The third kappa shape index (κ3) is 6.15. The second-order valence-electron chi connectivity index (χ2n) is 7.32. The first-order valence-electron chi connectivity index (χ1n) is 9.85. The van der Waals surface area contributed by atoms with Gasteiger partial charge in [0, 0.05) is 6.20 Å². The van der Waals surface area contributed by atoms with Gasteiger partial charge in [-0.2, -0.15) is 0 Å². The number of fused-ring (bicyclic) bond motifs is 1. The molecule has 1 aromatic carbocycles. The monoisotopic (exact) mass is 367 g/mol. The Morgan fingerprint density at radius 2 is 1.81 bits per heavy atom. The summed E-state index contributed by atoms with van der Waals surface area (Å²) >= 11 is 0. The highest BCUT2D eigenvalue weighted by atomic mass is 16.4. The van der Waals surface area contributed by atoms with Crippen molar-refractivity contribution >= 4 is 5.97 Å². The lowest BCUT2D eigenvalue weighted by Gasteiger charge is -2.07. The SMILES string of the molecule is O=C(O)c1ccccn1.c1ccc(CCCCNCC2C3CNCC23)cc1. The molecular weight excluding hydrogens is 338 g/mol. The van der Waals surface area contributed by atoms with E-state index in [1.807, 2.05) is 0 Å². The first-order valence-corrected chi connectivity index (χ1v) is 9.85. The van der Waals surface area contributed by atoms with Crippen LogP contribution in [0.5, 0.6) is 0 Å². The molecular formula is C22H29N3O2. The third-order valence-electron chi connectivity index (χ3n) is 5.44. The number of hydrogen-bond donors (Lipinski definition) is 3. The van der Waals surface area contributed by atoms with Gasteiger partial charge in [-0.05, 0) is 80.9 Å². The van der Waals surface area contributed by atoms with Gasteiger partial charge in [0.25, 0.3) is 0 Å². The summed E-state index contributed by atoms with van der Waals surface area (Å²) < 4.78 is 0. The highest BCUT2D eigenvalue weighted by Gasteiger charge is 2.51. The van der Waals surface area contributed by atoms with Crippen molar-refractivity contribution < 1.29 is 9.90 Å². The van der Waals surface area contributed by atoms with Crippen LogP contribution in [-0.4, -0.2) is 42.2 Å². The normalized spacial score (nSPS) is 22.4. The van der Waals surface area contributed by atoms with Gasteiger partial charge in [0.2, 0.25) is 0 Å². The van der Waals surface area contributed by atoms with E-state index in [0.29, 0.717) is 0 Å². The number of carboxylic acid groups (broad SMARTS) is 1. The average Bonchev–Trinajstić information content (AvgIpc) is 3.12. The van der Waals surface area contributed by atoms with Crippen LogP contribution >= 0.6 is 0 Å². The first-order chi connectivity index (χ1) is 13.3. The van der Waals surface area contributed by atoms with E-state index < -0.39 is 5.97 Å². The van der Waals surface area contributed by atoms with Crippen molar-refractivity contribution in [1.82, 2.24) is 15.6 Å². The zero-order valence-electron chi connectivity index (χ0n) is 15.7. The van der Waals surface area contributed by atoms with E-state index in [1.165, 1.54) is 63.3 Å². The Hall–Kier alpha value is -2.24.